The number of carbonyl (C=O) groups excluding carboxylic acids is 1. The number of benzene rings is 1. The summed E-state index contributed by atoms with van der Waals surface area (Å²) in [6.45, 7) is 4.78. The zero-order valence-electron chi connectivity index (χ0n) is 11.6. The van der Waals surface area contributed by atoms with Crippen molar-refractivity contribution >= 4 is 23.5 Å². The van der Waals surface area contributed by atoms with E-state index >= 15 is 0 Å². The van der Waals surface area contributed by atoms with Gasteiger partial charge in [-0.1, -0.05) is 12.1 Å². The second-order valence-electron chi connectivity index (χ2n) is 4.90. The van der Waals surface area contributed by atoms with Crippen LogP contribution in [0.3, 0.4) is 0 Å². The molecule has 1 aromatic carbocycles. The van der Waals surface area contributed by atoms with E-state index in [4.69, 9.17) is 4.74 Å². The lowest BCUT2D eigenvalue weighted by molar-refractivity contribution is 0.130. The minimum absolute atomic E-state index is 0.109. The molecule has 1 fully saturated rings. The third-order valence-corrected chi connectivity index (χ3v) is 4.27. The lowest BCUT2D eigenvalue weighted by atomic mass is 10.2. The largest absolute Gasteiger partial charge is 0.447 e. The molecular formula is C14H20N2O2S. The van der Waals surface area contributed by atoms with Crippen LogP contribution in [0.25, 0.3) is 0 Å². The zero-order chi connectivity index (χ0) is 13.8. The van der Waals surface area contributed by atoms with E-state index in [1.165, 1.54) is 11.3 Å². The Bertz CT molecular complexity index is 434. The highest BCUT2D eigenvalue weighted by Crippen LogP contribution is 2.36. The first kappa shape index (κ1) is 14.2. The van der Waals surface area contributed by atoms with Crippen LogP contribution in [0.15, 0.2) is 24.3 Å². The molecule has 0 aliphatic carbocycles. The van der Waals surface area contributed by atoms with Gasteiger partial charge in [0, 0.05) is 18.0 Å². The number of hydrogen-bond donors (Lipinski definition) is 1. The standard InChI is InChI=1S/C14H20N2O2S/c1-10(2)18-14(17)15-12-6-4-11(5-7-12)13-16(3)8-9-19-13/h4-7,10,13H,8-9H2,1-3H3,(H,15,17). The van der Waals surface area contributed by atoms with Crippen LogP contribution in [0.1, 0.15) is 24.8 Å². The van der Waals surface area contributed by atoms with E-state index in [2.05, 4.69) is 29.4 Å². The zero-order valence-corrected chi connectivity index (χ0v) is 12.4. The Labute approximate surface area is 118 Å². The van der Waals surface area contributed by atoms with Crippen molar-refractivity contribution in [3.8, 4) is 0 Å². The lowest BCUT2D eigenvalue weighted by Crippen LogP contribution is -2.18. The second kappa shape index (κ2) is 6.30. The van der Waals surface area contributed by atoms with Crippen LogP contribution in [0.5, 0.6) is 0 Å². The Morgan fingerprint density at radius 1 is 1.42 bits per heavy atom. The highest BCUT2D eigenvalue weighted by Gasteiger charge is 2.22. The Morgan fingerprint density at radius 3 is 2.63 bits per heavy atom. The van der Waals surface area contributed by atoms with Gasteiger partial charge in [0.05, 0.1) is 11.5 Å². The number of rotatable bonds is 3. The minimum atomic E-state index is -0.407. The molecule has 0 saturated carbocycles. The average Bonchev–Trinajstić information content (AvgIpc) is 2.75. The number of nitrogens with one attached hydrogen (secondary N) is 1. The van der Waals surface area contributed by atoms with Crippen LogP contribution >= 0.6 is 11.8 Å². The third-order valence-electron chi connectivity index (χ3n) is 2.91. The van der Waals surface area contributed by atoms with Gasteiger partial charge in [0.1, 0.15) is 0 Å². The SMILES string of the molecule is CC(C)OC(=O)Nc1ccc(C2SCCN2C)cc1. The van der Waals surface area contributed by atoms with Crippen molar-refractivity contribution in [2.75, 3.05) is 24.7 Å². The Morgan fingerprint density at radius 2 is 2.11 bits per heavy atom. The summed E-state index contributed by atoms with van der Waals surface area (Å²) < 4.78 is 5.04. The average molecular weight is 280 g/mol. The van der Waals surface area contributed by atoms with Crippen LogP contribution in [0, 0.1) is 0 Å². The van der Waals surface area contributed by atoms with Gasteiger partial charge >= 0.3 is 6.09 Å². The summed E-state index contributed by atoms with van der Waals surface area (Å²) in [7, 11) is 2.14. The Hall–Kier alpha value is -1.20. The molecule has 1 heterocycles. The van der Waals surface area contributed by atoms with E-state index in [-0.39, 0.29) is 6.10 Å². The summed E-state index contributed by atoms with van der Waals surface area (Å²) in [6.07, 6.45) is -0.516. The molecule has 1 aliphatic rings. The molecule has 1 aromatic rings. The summed E-state index contributed by atoms with van der Waals surface area (Å²) in [5.41, 5.74) is 2.04. The molecule has 1 saturated heterocycles. The molecule has 0 spiro atoms. The molecule has 1 atom stereocenters. The number of hydrogen-bond acceptors (Lipinski definition) is 4. The monoisotopic (exact) mass is 280 g/mol. The normalized spacial score (nSPS) is 19.7. The van der Waals surface area contributed by atoms with Gasteiger partial charge < -0.3 is 4.74 Å². The van der Waals surface area contributed by atoms with Crippen molar-refractivity contribution in [2.24, 2.45) is 0 Å². The van der Waals surface area contributed by atoms with Crippen molar-refractivity contribution in [1.29, 1.82) is 0 Å². The number of thioether (sulfide) groups is 1. The van der Waals surface area contributed by atoms with Gasteiger partial charge in [-0.05, 0) is 38.6 Å². The van der Waals surface area contributed by atoms with E-state index in [0.29, 0.717) is 5.37 Å². The third kappa shape index (κ3) is 3.88. The summed E-state index contributed by atoms with van der Waals surface area (Å²) >= 11 is 1.95. The second-order valence-corrected chi connectivity index (χ2v) is 6.09. The number of anilines is 1. The van der Waals surface area contributed by atoms with Crippen molar-refractivity contribution in [3.63, 3.8) is 0 Å². The van der Waals surface area contributed by atoms with Crippen molar-refractivity contribution in [1.82, 2.24) is 4.90 Å². The summed E-state index contributed by atoms with van der Waals surface area (Å²) in [5, 5.41) is 3.15. The molecular weight excluding hydrogens is 260 g/mol. The maximum absolute atomic E-state index is 11.5. The molecule has 0 aromatic heterocycles. The molecule has 19 heavy (non-hydrogen) atoms. The van der Waals surface area contributed by atoms with E-state index in [1.807, 2.05) is 37.7 Å². The quantitative estimate of drug-likeness (QED) is 0.922. The molecule has 1 amide bonds. The Balaban J connectivity index is 1.96. The van der Waals surface area contributed by atoms with Gasteiger partial charge in [-0.3, -0.25) is 10.2 Å². The summed E-state index contributed by atoms with van der Waals surface area (Å²) in [5.74, 6) is 1.17. The fourth-order valence-corrected chi connectivity index (χ4v) is 3.32. The molecule has 0 bridgehead atoms. The van der Waals surface area contributed by atoms with Gasteiger partial charge in [-0.2, -0.15) is 0 Å². The number of ether oxygens (including phenoxy) is 1. The van der Waals surface area contributed by atoms with Crippen LogP contribution in [0.2, 0.25) is 0 Å². The molecule has 5 heteroatoms. The molecule has 1 N–H and O–H groups in total. The Kier molecular flexibility index (Phi) is 4.71. The van der Waals surface area contributed by atoms with Crippen molar-refractivity contribution in [3.05, 3.63) is 29.8 Å². The van der Waals surface area contributed by atoms with Crippen LogP contribution in [0.4, 0.5) is 10.5 Å². The predicted molar refractivity (Wildman–Crippen MR) is 79.5 cm³/mol. The van der Waals surface area contributed by atoms with Crippen LogP contribution < -0.4 is 5.32 Å². The molecule has 104 valence electrons. The fraction of sp³-hybridized carbons (Fsp3) is 0.500. The maximum atomic E-state index is 11.5. The minimum Gasteiger partial charge on any atom is -0.447 e. The van der Waals surface area contributed by atoms with E-state index in [1.54, 1.807) is 0 Å². The lowest BCUT2D eigenvalue weighted by Gasteiger charge is -2.19. The molecule has 4 nitrogen and oxygen atoms in total. The van der Waals surface area contributed by atoms with Crippen molar-refractivity contribution in [2.45, 2.75) is 25.3 Å². The van der Waals surface area contributed by atoms with E-state index < -0.39 is 6.09 Å². The van der Waals surface area contributed by atoms with Crippen LogP contribution in [-0.2, 0) is 4.74 Å². The van der Waals surface area contributed by atoms with Crippen LogP contribution in [-0.4, -0.2) is 36.4 Å². The highest BCUT2D eigenvalue weighted by atomic mass is 32.2. The smallest absolute Gasteiger partial charge is 0.411 e. The number of carbonyl (C=O) groups is 1. The molecule has 1 aliphatic heterocycles. The predicted octanol–water partition coefficient (Wildman–Crippen LogP) is 3.32. The molecule has 1 unspecified atom stereocenters. The summed E-state index contributed by atoms with van der Waals surface area (Å²) in [4.78, 5) is 13.8. The van der Waals surface area contributed by atoms with Gasteiger partial charge in [0.25, 0.3) is 0 Å². The maximum Gasteiger partial charge on any atom is 0.411 e. The number of nitrogens with zero attached hydrogens (tertiary/aromatic N) is 1. The first-order valence-corrected chi connectivity index (χ1v) is 7.50. The number of amides is 1. The van der Waals surface area contributed by atoms with Gasteiger partial charge in [0.2, 0.25) is 0 Å². The molecule has 2 rings (SSSR count). The van der Waals surface area contributed by atoms with Gasteiger partial charge in [0.15, 0.2) is 0 Å². The topological polar surface area (TPSA) is 41.6 Å². The fourth-order valence-electron chi connectivity index (χ4n) is 2.00. The molecule has 0 radical (unpaired) electrons. The first-order chi connectivity index (χ1) is 9.06. The van der Waals surface area contributed by atoms with E-state index in [9.17, 15) is 4.79 Å². The van der Waals surface area contributed by atoms with Gasteiger partial charge in [-0.15, -0.1) is 11.8 Å². The first-order valence-electron chi connectivity index (χ1n) is 6.45. The van der Waals surface area contributed by atoms with Crippen molar-refractivity contribution < 1.29 is 9.53 Å². The summed E-state index contributed by atoms with van der Waals surface area (Å²) in [6, 6.07) is 7.96. The highest BCUT2D eigenvalue weighted by molar-refractivity contribution is 7.99. The van der Waals surface area contributed by atoms with E-state index in [0.717, 1.165) is 12.2 Å². The van der Waals surface area contributed by atoms with Gasteiger partial charge in [-0.25, -0.2) is 4.79 Å².